The van der Waals surface area contributed by atoms with E-state index < -0.39 is 17.9 Å². The maximum Gasteiger partial charge on any atom is 0.201 e. The van der Waals surface area contributed by atoms with Gasteiger partial charge in [0.05, 0.1) is 7.11 Å². The zero-order valence-corrected chi connectivity index (χ0v) is 20.2. The van der Waals surface area contributed by atoms with Gasteiger partial charge in [-0.15, -0.1) is 0 Å². The third kappa shape index (κ3) is 4.56. The van der Waals surface area contributed by atoms with Crippen LogP contribution in [0.1, 0.15) is 52.4 Å². The minimum absolute atomic E-state index is 0.171. The molecule has 0 amide bonds. The van der Waals surface area contributed by atoms with E-state index in [2.05, 4.69) is 23.6 Å². The quantitative estimate of drug-likeness (QED) is 0.597. The van der Waals surface area contributed by atoms with Crippen LogP contribution in [-0.2, 0) is 0 Å². The molecule has 1 saturated heterocycles. The predicted molar refractivity (Wildman–Crippen MR) is 130 cm³/mol. The molecule has 8 nitrogen and oxygen atoms in total. The van der Waals surface area contributed by atoms with Crippen LogP contribution in [0.5, 0.6) is 5.75 Å². The molecular formula is C24H40FN7O. The van der Waals surface area contributed by atoms with Crippen molar-refractivity contribution in [3.63, 3.8) is 0 Å². The summed E-state index contributed by atoms with van der Waals surface area (Å²) < 4.78 is 19.6. The molecule has 4 rings (SSSR count). The van der Waals surface area contributed by atoms with Crippen molar-refractivity contribution in [3.05, 3.63) is 24.0 Å². The molecule has 6 N–H and O–H groups in total. The number of aliphatic imine (C=N–C) groups is 1. The first-order valence-corrected chi connectivity index (χ1v) is 12.3. The molecule has 9 heteroatoms. The number of anilines is 1. The normalized spacial score (nSPS) is 33.9. The number of hydrogen-bond donors (Lipinski definition) is 3. The van der Waals surface area contributed by atoms with Crippen LogP contribution in [0, 0.1) is 17.7 Å². The Morgan fingerprint density at radius 1 is 1.21 bits per heavy atom. The van der Waals surface area contributed by atoms with Gasteiger partial charge in [-0.1, -0.05) is 26.7 Å². The van der Waals surface area contributed by atoms with Gasteiger partial charge >= 0.3 is 0 Å². The number of hydrogen-bond acceptors (Lipinski definition) is 8. The van der Waals surface area contributed by atoms with Crippen LogP contribution in [-0.4, -0.2) is 60.6 Å². The van der Waals surface area contributed by atoms with Gasteiger partial charge in [0.1, 0.15) is 6.29 Å². The summed E-state index contributed by atoms with van der Waals surface area (Å²) in [7, 11) is 1.44. The summed E-state index contributed by atoms with van der Waals surface area (Å²) in [5, 5.41) is 0. The molecule has 184 valence electrons. The molecular weight excluding hydrogens is 421 g/mol. The summed E-state index contributed by atoms with van der Waals surface area (Å²) in [5.74, 6) is -0.187. The lowest BCUT2D eigenvalue weighted by Crippen LogP contribution is -2.75. The summed E-state index contributed by atoms with van der Waals surface area (Å²) in [6, 6.07) is 5.08. The van der Waals surface area contributed by atoms with Gasteiger partial charge in [-0.25, -0.2) is 14.3 Å². The molecule has 33 heavy (non-hydrogen) atoms. The Morgan fingerprint density at radius 2 is 1.94 bits per heavy atom. The van der Waals surface area contributed by atoms with Crippen molar-refractivity contribution < 1.29 is 9.13 Å². The molecule has 2 heterocycles. The SMILES string of the molecule is CCN1CCCC1CN1C(N)N(c2ccc(OC)c(F)c2)C(N)=NC1(N)C1CCC(C)CC1. The van der Waals surface area contributed by atoms with Gasteiger partial charge in [0.2, 0.25) is 5.96 Å². The molecule has 3 unspecified atom stereocenters. The van der Waals surface area contributed by atoms with Gasteiger partial charge in [0, 0.05) is 30.3 Å². The lowest BCUT2D eigenvalue weighted by Gasteiger charge is -2.54. The number of ether oxygens (including phenoxy) is 1. The number of likely N-dealkylation sites (N-methyl/N-ethyl adjacent to an activating group) is 1. The van der Waals surface area contributed by atoms with E-state index in [1.165, 1.54) is 19.6 Å². The molecule has 3 aliphatic rings. The standard InChI is InChI=1S/C24H40FN7O/c1-4-30-13-5-6-19(30)15-31-23(27)32(18-11-12-21(33-3)20(25)14-18)22(26)29-24(31,28)17-9-7-16(2)8-10-17/h11-12,14,16-17,19,23H,4-10,13,15,27-28H2,1-3H3,(H2,26,29). The Kier molecular flexibility index (Phi) is 7.14. The van der Waals surface area contributed by atoms with Crippen molar-refractivity contribution in [2.45, 2.75) is 70.5 Å². The molecule has 1 aromatic rings. The van der Waals surface area contributed by atoms with Gasteiger partial charge in [0.15, 0.2) is 17.4 Å². The number of rotatable bonds is 6. The first-order chi connectivity index (χ1) is 15.8. The third-order valence-corrected chi connectivity index (χ3v) is 7.93. The number of nitrogens with zero attached hydrogens (tertiary/aromatic N) is 4. The van der Waals surface area contributed by atoms with E-state index in [0.717, 1.165) is 45.2 Å². The Bertz CT molecular complexity index is 859. The highest BCUT2D eigenvalue weighted by Gasteiger charge is 2.50. The van der Waals surface area contributed by atoms with Crippen molar-refractivity contribution >= 4 is 11.6 Å². The molecule has 0 bridgehead atoms. The second-order valence-corrected chi connectivity index (χ2v) is 9.89. The maximum atomic E-state index is 14.5. The lowest BCUT2D eigenvalue weighted by atomic mass is 9.78. The van der Waals surface area contributed by atoms with Gasteiger partial charge in [-0.3, -0.25) is 21.3 Å². The highest BCUT2D eigenvalue weighted by atomic mass is 19.1. The van der Waals surface area contributed by atoms with Gasteiger partial charge in [-0.05, 0) is 56.8 Å². The third-order valence-electron chi connectivity index (χ3n) is 7.93. The van der Waals surface area contributed by atoms with Crippen LogP contribution in [0.25, 0.3) is 0 Å². The zero-order chi connectivity index (χ0) is 23.8. The highest BCUT2D eigenvalue weighted by Crippen LogP contribution is 2.40. The zero-order valence-electron chi connectivity index (χ0n) is 20.2. The van der Waals surface area contributed by atoms with Crippen LogP contribution in [0.15, 0.2) is 23.2 Å². The average molecular weight is 462 g/mol. The fourth-order valence-electron chi connectivity index (χ4n) is 5.89. The van der Waals surface area contributed by atoms with E-state index >= 15 is 0 Å². The Hall–Kier alpha value is -1.94. The van der Waals surface area contributed by atoms with Gasteiger partial charge < -0.3 is 10.5 Å². The maximum absolute atomic E-state index is 14.5. The van der Waals surface area contributed by atoms with Crippen molar-refractivity contribution in [3.8, 4) is 5.75 Å². The van der Waals surface area contributed by atoms with Crippen molar-refractivity contribution in [1.82, 2.24) is 9.80 Å². The summed E-state index contributed by atoms with van der Waals surface area (Å²) in [4.78, 5) is 11.2. The molecule has 1 aliphatic carbocycles. The Balaban J connectivity index is 1.71. The van der Waals surface area contributed by atoms with Crippen molar-refractivity contribution in [1.29, 1.82) is 0 Å². The molecule has 0 radical (unpaired) electrons. The van der Waals surface area contributed by atoms with Crippen molar-refractivity contribution in [2.75, 3.05) is 31.6 Å². The van der Waals surface area contributed by atoms with Crippen LogP contribution >= 0.6 is 0 Å². The van der Waals surface area contributed by atoms with Crippen LogP contribution < -0.4 is 26.8 Å². The number of guanidine groups is 1. The lowest BCUT2D eigenvalue weighted by molar-refractivity contribution is -0.0295. The van der Waals surface area contributed by atoms with E-state index in [0.29, 0.717) is 24.2 Å². The van der Waals surface area contributed by atoms with Gasteiger partial charge in [0.25, 0.3) is 0 Å². The smallest absolute Gasteiger partial charge is 0.201 e. The number of likely N-dealkylation sites (tertiary alicyclic amines) is 1. The largest absolute Gasteiger partial charge is 0.494 e. The molecule has 0 spiro atoms. The topological polar surface area (TPSA) is 109 Å². The summed E-state index contributed by atoms with van der Waals surface area (Å²) in [6.07, 6.45) is 5.86. The fourth-order valence-corrected chi connectivity index (χ4v) is 5.89. The summed E-state index contributed by atoms with van der Waals surface area (Å²) in [6.45, 7) is 7.25. The fraction of sp³-hybridized carbons (Fsp3) is 0.708. The van der Waals surface area contributed by atoms with E-state index in [1.54, 1.807) is 17.0 Å². The molecule has 1 aromatic carbocycles. The Labute approximate surface area is 196 Å². The van der Waals surface area contributed by atoms with E-state index in [-0.39, 0.29) is 17.6 Å². The highest BCUT2D eigenvalue weighted by molar-refractivity contribution is 5.96. The van der Waals surface area contributed by atoms with Gasteiger partial charge in [-0.2, -0.15) is 0 Å². The summed E-state index contributed by atoms with van der Waals surface area (Å²) >= 11 is 0. The monoisotopic (exact) mass is 461 g/mol. The second kappa shape index (κ2) is 9.74. The van der Waals surface area contributed by atoms with Crippen LogP contribution in [0.4, 0.5) is 10.1 Å². The Morgan fingerprint density at radius 3 is 2.58 bits per heavy atom. The minimum Gasteiger partial charge on any atom is -0.494 e. The van der Waals surface area contributed by atoms with E-state index in [1.807, 2.05) is 0 Å². The number of nitrogens with two attached hydrogens (primary N) is 3. The van der Waals surface area contributed by atoms with E-state index in [9.17, 15) is 4.39 Å². The second-order valence-electron chi connectivity index (χ2n) is 9.89. The average Bonchev–Trinajstić information content (AvgIpc) is 3.24. The first-order valence-electron chi connectivity index (χ1n) is 12.3. The molecule has 3 atom stereocenters. The summed E-state index contributed by atoms with van der Waals surface area (Å²) in [5.41, 5.74) is 21.0. The van der Waals surface area contributed by atoms with Crippen LogP contribution in [0.2, 0.25) is 0 Å². The predicted octanol–water partition coefficient (Wildman–Crippen LogP) is 2.44. The number of benzene rings is 1. The first kappa shape index (κ1) is 24.2. The van der Waals surface area contributed by atoms with Crippen LogP contribution in [0.3, 0.4) is 0 Å². The number of methoxy groups -OCH3 is 1. The van der Waals surface area contributed by atoms with E-state index in [4.69, 9.17) is 26.9 Å². The molecule has 2 aliphatic heterocycles. The minimum atomic E-state index is -0.979. The van der Waals surface area contributed by atoms with Crippen molar-refractivity contribution in [2.24, 2.45) is 34.0 Å². The number of halogens is 1. The molecule has 1 saturated carbocycles. The molecule has 2 fully saturated rings. The molecule has 0 aromatic heterocycles.